The lowest BCUT2D eigenvalue weighted by atomic mass is 9.44. The van der Waals surface area contributed by atoms with Crippen molar-refractivity contribution in [3.63, 3.8) is 0 Å². The Hall–Kier alpha value is -1.64. The zero-order chi connectivity index (χ0) is 24.7. The minimum Gasteiger partial charge on any atom is -0.458 e. The van der Waals surface area contributed by atoms with Crippen molar-refractivity contribution in [2.45, 2.75) is 69.5 Å². The molecule has 4 rings (SSSR count). The van der Waals surface area contributed by atoms with Gasteiger partial charge in [-0.25, -0.2) is 8.78 Å². The van der Waals surface area contributed by atoms with Gasteiger partial charge in [0.15, 0.2) is 18.1 Å². The van der Waals surface area contributed by atoms with E-state index < -0.39 is 81.6 Å². The van der Waals surface area contributed by atoms with E-state index in [1.807, 2.05) is 0 Å². The van der Waals surface area contributed by atoms with Crippen LogP contribution in [-0.2, 0) is 19.1 Å². The highest BCUT2D eigenvalue weighted by Gasteiger charge is 2.78. The summed E-state index contributed by atoms with van der Waals surface area (Å²) in [5, 5.41) is 21.5. The van der Waals surface area contributed by atoms with Crippen LogP contribution in [0.25, 0.3) is 0 Å². The van der Waals surface area contributed by atoms with E-state index in [1.165, 1.54) is 19.1 Å². The topological polar surface area (TPSA) is 101 Å². The maximum Gasteiger partial charge on any atom is 0.303 e. The number of carbonyl (C=O) groups is 3. The number of rotatable bonds is 3. The summed E-state index contributed by atoms with van der Waals surface area (Å²) in [6, 6.07) is 0. The van der Waals surface area contributed by atoms with Crippen LogP contribution in [0.5, 0.6) is 0 Å². The molecule has 0 spiro atoms. The lowest BCUT2D eigenvalue weighted by Gasteiger charge is -2.64. The molecule has 0 aromatic heterocycles. The molecule has 10 atom stereocenters. The number of aliphatic hydroxyl groups excluding tert-OH is 1. The fraction of sp³-hybridized carbons (Fsp3) is 0.708. The molecule has 2 N–H and O–H groups in total. The number of alkyl halides is 3. The number of hydrogen-bond acceptors (Lipinski definition) is 6. The first-order chi connectivity index (χ1) is 15.2. The molecule has 0 heterocycles. The summed E-state index contributed by atoms with van der Waals surface area (Å²) in [5.41, 5.74) is -7.54. The molecule has 0 aliphatic heterocycles. The minimum absolute atomic E-state index is 0.108. The Kier molecular flexibility index (Phi) is 5.51. The van der Waals surface area contributed by atoms with Crippen LogP contribution in [0.15, 0.2) is 23.8 Å². The van der Waals surface area contributed by atoms with E-state index in [0.29, 0.717) is 0 Å². The second-order valence-electron chi connectivity index (χ2n) is 10.5. The number of allylic oxidation sites excluding steroid dienone is 4. The standard InChI is InChI=1S/C24H29ClF2O6/c1-11-7-14-18-19(25)20(26)15-8-13(29)5-6-21(15,3)23(18,27)16(30)9-22(14,4)24(11,32)17(31)10-33-12(2)28/h5-6,8,11,14,16,18-20,30,32H,7,9-10H2,1-4H3/t11?,14-,16?,18+,19?,20?,21-,22-,23+,24-/m0/s1. The van der Waals surface area contributed by atoms with Crippen molar-refractivity contribution in [2.24, 2.45) is 28.6 Å². The molecule has 3 saturated carbocycles. The van der Waals surface area contributed by atoms with Crippen molar-refractivity contribution in [1.29, 1.82) is 0 Å². The van der Waals surface area contributed by atoms with Crippen LogP contribution < -0.4 is 0 Å². The average Bonchev–Trinajstić information content (AvgIpc) is 2.93. The normalized spacial score (nSPS) is 50.7. The van der Waals surface area contributed by atoms with E-state index in [-0.39, 0.29) is 18.4 Å². The molecule has 0 aromatic carbocycles. The number of esters is 1. The van der Waals surface area contributed by atoms with E-state index in [1.54, 1.807) is 13.8 Å². The number of ether oxygens (including phenoxy) is 1. The maximum absolute atomic E-state index is 17.2. The summed E-state index contributed by atoms with van der Waals surface area (Å²) < 4.78 is 37.6. The van der Waals surface area contributed by atoms with E-state index in [4.69, 9.17) is 16.3 Å². The summed E-state index contributed by atoms with van der Waals surface area (Å²) in [6.45, 7) is 5.14. The molecule has 182 valence electrons. The Morgan fingerprint density at radius 2 is 1.97 bits per heavy atom. The first-order valence-corrected chi connectivity index (χ1v) is 11.6. The number of halogens is 3. The Morgan fingerprint density at radius 3 is 2.58 bits per heavy atom. The Labute approximate surface area is 196 Å². The molecule has 3 fully saturated rings. The number of fused-ring (bicyclic) bond motifs is 5. The number of aliphatic hydroxyl groups is 2. The van der Waals surface area contributed by atoms with Crippen LogP contribution in [0.2, 0.25) is 0 Å². The molecule has 0 aromatic rings. The fourth-order valence-corrected chi connectivity index (χ4v) is 7.85. The zero-order valence-electron chi connectivity index (χ0n) is 19.0. The predicted molar refractivity (Wildman–Crippen MR) is 115 cm³/mol. The lowest BCUT2D eigenvalue weighted by molar-refractivity contribution is -0.223. The van der Waals surface area contributed by atoms with E-state index in [9.17, 15) is 24.6 Å². The molecule has 0 bridgehead atoms. The van der Waals surface area contributed by atoms with Crippen molar-refractivity contribution in [2.75, 3.05) is 6.61 Å². The summed E-state index contributed by atoms with van der Waals surface area (Å²) in [4.78, 5) is 36.3. The molecule has 4 aliphatic rings. The second-order valence-corrected chi connectivity index (χ2v) is 11.0. The van der Waals surface area contributed by atoms with Crippen LogP contribution in [0.4, 0.5) is 8.78 Å². The van der Waals surface area contributed by atoms with Crippen LogP contribution in [-0.4, -0.2) is 63.3 Å². The van der Waals surface area contributed by atoms with Crippen molar-refractivity contribution in [3.8, 4) is 0 Å². The molecule has 0 saturated heterocycles. The smallest absolute Gasteiger partial charge is 0.303 e. The third-order valence-corrected chi connectivity index (χ3v) is 9.55. The fourth-order valence-electron chi connectivity index (χ4n) is 7.35. The predicted octanol–water partition coefficient (Wildman–Crippen LogP) is 2.63. The molecular weight excluding hydrogens is 458 g/mol. The van der Waals surface area contributed by atoms with Gasteiger partial charge >= 0.3 is 5.97 Å². The minimum atomic E-state index is -2.43. The van der Waals surface area contributed by atoms with Gasteiger partial charge < -0.3 is 14.9 Å². The maximum atomic E-state index is 17.2. The van der Waals surface area contributed by atoms with Crippen molar-refractivity contribution in [1.82, 2.24) is 0 Å². The van der Waals surface area contributed by atoms with E-state index in [0.717, 1.165) is 13.0 Å². The van der Waals surface area contributed by atoms with Gasteiger partial charge in [-0.2, -0.15) is 0 Å². The molecule has 0 amide bonds. The molecule has 4 unspecified atom stereocenters. The Morgan fingerprint density at radius 1 is 1.33 bits per heavy atom. The van der Waals surface area contributed by atoms with E-state index >= 15 is 8.78 Å². The van der Waals surface area contributed by atoms with Gasteiger partial charge in [0.2, 0.25) is 5.78 Å². The highest BCUT2D eigenvalue weighted by molar-refractivity contribution is 6.22. The monoisotopic (exact) mass is 486 g/mol. The van der Waals surface area contributed by atoms with Gasteiger partial charge in [-0.3, -0.25) is 14.4 Å². The largest absolute Gasteiger partial charge is 0.458 e. The average molecular weight is 487 g/mol. The molecular formula is C24H29ClF2O6. The van der Waals surface area contributed by atoms with Gasteiger partial charge in [0.1, 0.15) is 11.8 Å². The SMILES string of the molecule is CC(=O)OCC(=O)[C@@]1(O)C(C)C[C@H]2[C@@H]3C(Cl)C(F)C4=CC(=O)C=C[C@]4(C)[C@@]3(F)C(O)C[C@@]21C. The van der Waals surface area contributed by atoms with Gasteiger partial charge in [0.05, 0.1) is 11.5 Å². The van der Waals surface area contributed by atoms with Gasteiger partial charge in [-0.1, -0.05) is 19.9 Å². The van der Waals surface area contributed by atoms with E-state index in [2.05, 4.69) is 0 Å². The van der Waals surface area contributed by atoms with Crippen molar-refractivity contribution < 1.29 is 38.1 Å². The van der Waals surface area contributed by atoms with Gasteiger partial charge in [-0.05, 0) is 49.3 Å². The van der Waals surface area contributed by atoms with Crippen molar-refractivity contribution >= 4 is 29.1 Å². The molecule has 33 heavy (non-hydrogen) atoms. The van der Waals surface area contributed by atoms with Crippen LogP contribution in [0.3, 0.4) is 0 Å². The summed E-state index contributed by atoms with van der Waals surface area (Å²) in [5.74, 6) is -4.60. The Bertz CT molecular complexity index is 982. The molecule has 6 nitrogen and oxygen atoms in total. The van der Waals surface area contributed by atoms with Gasteiger partial charge in [0.25, 0.3) is 0 Å². The quantitative estimate of drug-likeness (QED) is 0.470. The third kappa shape index (κ3) is 2.86. The molecule has 4 aliphatic carbocycles. The van der Waals surface area contributed by atoms with Gasteiger partial charge in [0, 0.05) is 23.7 Å². The van der Waals surface area contributed by atoms with Crippen LogP contribution >= 0.6 is 11.6 Å². The summed E-state index contributed by atoms with van der Waals surface area (Å²) >= 11 is 6.54. The Balaban J connectivity index is 1.84. The zero-order valence-corrected chi connectivity index (χ0v) is 19.7. The van der Waals surface area contributed by atoms with Crippen LogP contribution in [0, 0.1) is 28.6 Å². The summed E-state index contributed by atoms with van der Waals surface area (Å²) in [6.07, 6.45) is -0.168. The number of hydrogen-bond donors (Lipinski definition) is 2. The number of Topliss-reactive ketones (excluding diaryl/α,β-unsaturated/α-hetero) is 1. The number of carbonyl (C=O) groups excluding carboxylic acids is 3. The summed E-state index contributed by atoms with van der Waals surface area (Å²) in [7, 11) is 0. The van der Waals surface area contributed by atoms with Gasteiger partial charge in [-0.15, -0.1) is 11.6 Å². The second kappa shape index (κ2) is 7.43. The van der Waals surface area contributed by atoms with Crippen LogP contribution in [0.1, 0.15) is 40.5 Å². The first kappa shape index (κ1) is 24.5. The molecule has 0 radical (unpaired) electrons. The first-order valence-electron chi connectivity index (χ1n) is 11.2. The number of ketones is 2. The molecule has 9 heteroatoms. The lowest BCUT2D eigenvalue weighted by Crippen LogP contribution is -2.73. The van der Waals surface area contributed by atoms with Crippen molar-refractivity contribution in [3.05, 3.63) is 23.8 Å². The highest BCUT2D eigenvalue weighted by Crippen LogP contribution is 2.71. The highest BCUT2D eigenvalue weighted by atomic mass is 35.5. The third-order valence-electron chi connectivity index (χ3n) is 9.06.